The van der Waals surface area contributed by atoms with Gasteiger partial charge in [0, 0.05) is 23.4 Å². The number of hydrogen-bond acceptors (Lipinski definition) is 2. The standard InChI is InChI=1S/C15H21BrClNO2S/c1-10-4-5-18(9-11(10)2)21(19,20)15-7-13(8-17)6-14(16)12(15)3/h6-7,10-11H,4-5,8-9H2,1-3H3. The Hall–Kier alpha value is -0.100. The molecule has 21 heavy (non-hydrogen) atoms. The molecule has 0 saturated carbocycles. The number of sulfonamides is 1. The molecule has 1 aromatic carbocycles. The maximum absolute atomic E-state index is 12.9. The first-order valence-electron chi connectivity index (χ1n) is 7.12. The number of piperidine rings is 1. The van der Waals surface area contributed by atoms with Crippen molar-refractivity contribution in [1.29, 1.82) is 0 Å². The first-order valence-corrected chi connectivity index (χ1v) is 9.89. The van der Waals surface area contributed by atoms with Crippen molar-refractivity contribution in [3.8, 4) is 0 Å². The second-order valence-electron chi connectivity index (χ2n) is 5.94. The van der Waals surface area contributed by atoms with Gasteiger partial charge < -0.3 is 0 Å². The van der Waals surface area contributed by atoms with Crippen LogP contribution in [0.1, 0.15) is 31.4 Å². The Morgan fingerprint density at radius 2 is 2.00 bits per heavy atom. The van der Waals surface area contributed by atoms with E-state index in [4.69, 9.17) is 11.6 Å². The smallest absolute Gasteiger partial charge is 0.207 e. The fraction of sp³-hybridized carbons (Fsp3) is 0.600. The van der Waals surface area contributed by atoms with Gasteiger partial charge in [-0.15, -0.1) is 11.6 Å². The Labute approximate surface area is 140 Å². The van der Waals surface area contributed by atoms with E-state index in [0.717, 1.165) is 22.0 Å². The number of alkyl halides is 1. The molecule has 0 radical (unpaired) electrons. The van der Waals surface area contributed by atoms with Crippen molar-refractivity contribution in [3.05, 3.63) is 27.7 Å². The van der Waals surface area contributed by atoms with Crippen LogP contribution in [0.15, 0.2) is 21.5 Å². The molecule has 1 aliphatic heterocycles. The van der Waals surface area contributed by atoms with E-state index in [1.165, 1.54) is 0 Å². The molecule has 1 fully saturated rings. The minimum absolute atomic E-state index is 0.300. The van der Waals surface area contributed by atoms with E-state index in [9.17, 15) is 8.42 Å². The van der Waals surface area contributed by atoms with E-state index in [1.54, 1.807) is 10.4 Å². The molecule has 0 aliphatic carbocycles. The van der Waals surface area contributed by atoms with Crippen LogP contribution in [0.25, 0.3) is 0 Å². The summed E-state index contributed by atoms with van der Waals surface area (Å²) in [7, 11) is -3.46. The predicted molar refractivity (Wildman–Crippen MR) is 90.1 cm³/mol. The van der Waals surface area contributed by atoms with Crippen molar-refractivity contribution in [3.63, 3.8) is 0 Å². The lowest BCUT2D eigenvalue weighted by molar-refractivity contribution is 0.212. The molecule has 6 heteroatoms. The zero-order valence-corrected chi connectivity index (χ0v) is 15.7. The van der Waals surface area contributed by atoms with Crippen LogP contribution in [0.2, 0.25) is 0 Å². The Bertz CT molecular complexity index is 633. The minimum atomic E-state index is -3.46. The Kier molecular flexibility index (Phi) is 5.40. The molecule has 0 N–H and O–H groups in total. The normalized spacial score (nSPS) is 24.2. The Balaban J connectivity index is 2.42. The van der Waals surface area contributed by atoms with Crippen molar-refractivity contribution in [2.24, 2.45) is 11.8 Å². The summed E-state index contributed by atoms with van der Waals surface area (Å²) in [5.74, 6) is 1.25. The monoisotopic (exact) mass is 393 g/mol. The van der Waals surface area contributed by atoms with Gasteiger partial charge in [-0.2, -0.15) is 4.31 Å². The van der Waals surface area contributed by atoms with Crippen LogP contribution < -0.4 is 0 Å². The van der Waals surface area contributed by atoms with Gasteiger partial charge in [0.2, 0.25) is 10.0 Å². The largest absolute Gasteiger partial charge is 0.243 e. The van der Waals surface area contributed by atoms with Crippen molar-refractivity contribution in [1.82, 2.24) is 4.31 Å². The Morgan fingerprint density at radius 3 is 2.57 bits per heavy atom. The van der Waals surface area contributed by atoms with Gasteiger partial charge in [-0.25, -0.2) is 8.42 Å². The van der Waals surface area contributed by atoms with Gasteiger partial charge in [0.25, 0.3) is 0 Å². The van der Waals surface area contributed by atoms with Gasteiger partial charge in [0.15, 0.2) is 0 Å². The van der Waals surface area contributed by atoms with Crippen molar-refractivity contribution < 1.29 is 8.42 Å². The zero-order chi connectivity index (χ0) is 15.8. The summed E-state index contributed by atoms with van der Waals surface area (Å²) in [6, 6.07) is 3.58. The van der Waals surface area contributed by atoms with Crippen LogP contribution >= 0.6 is 27.5 Å². The van der Waals surface area contributed by atoms with Gasteiger partial charge in [0.05, 0.1) is 4.90 Å². The molecule has 0 amide bonds. The van der Waals surface area contributed by atoms with E-state index in [1.807, 2.05) is 13.0 Å². The summed E-state index contributed by atoms with van der Waals surface area (Å²) < 4.78 is 28.3. The fourth-order valence-electron chi connectivity index (χ4n) is 2.63. The lowest BCUT2D eigenvalue weighted by Gasteiger charge is -2.34. The van der Waals surface area contributed by atoms with Gasteiger partial charge in [-0.05, 0) is 48.4 Å². The van der Waals surface area contributed by atoms with Crippen molar-refractivity contribution in [2.75, 3.05) is 13.1 Å². The summed E-state index contributed by atoms with van der Waals surface area (Å²) in [5.41, 5.74) is 1.56. The molecule has 1 aromatic rings. The molecule has 3 nitrogen and oxygen atoms in total. The average Bonchev–Trinajstić information content (AvgIpc) is 2.44. The molecule has 0 aromatic heterocycles. The van der Waals surface area contributed by atoms with Crippen LogP contribution in [-0.2, 0) is 15.9 Å². The summed E-state index contributed by atoms with van der Waals surface area (Å²) in [4.78, 5) is 0.370. The van der Waals surface area contributed by atoms with E-state index in [2.05, 4.69) is 29.8 Å². The average molecular weight is 395 g/mol. The number of nitrogens with zero attached hydrogens (tertiary/aromatic N) is 1. The maximum Gasteiger partial charge on any atom is 0.243 e. The molecule has 2 rings (SSSR count). The number of halogens is 2. The van der Waals surface area contributed by atoms with Crippen LogP contribution in [0.4, 0.5) is 0 Å². The van der Waals surface area contributed by atoms with E-state index in [0.29, 0.717) is 35.7 Å². The molecule has 0 bridgehead atoms. The lowest BCUT2D eigenvalue weighted by Crippen LogP contribution is -2.42. The van der Waals surface area contributed by atoms with Crippen LogP contribution in [0.3, 0.4) is 0 Å². The first kappa shape index (κ1) is 17.3. The first-order chi connectivity index (χ1) is 9.77. The summed E-state index contributed by atoms with van der Waals surface area (Å²) in [6.45, 7) is 7.31. The second kappa shape index (κ2) is 6.57. The zero-order valence-electron chi connectivity index (χ0n) is 12.6. The highest BCUT2D eigenvalue weighted by Gasteiger charge is 2.33. The molecule has 1 heterocycles. The number of hydrogen-bond donors (Lipinski definition) is 0. The van der Waals surface area contributed by atoms with E-state index < -0.39 is 10.0 Å². The third-order valence-electron chi connectivity index (χ3n) is 4.43. The molecular formula is C15H21BrClNO2S. The highest BCUT2D eigenvalue weighted by atomic mass is 79.9. The topological polar surface area (TPSA) is 37.4 Å². The maximum atomic E-state index is 12.9. The molecule has 2 unspecified atom stereocenters. The molecule has 2 atom stereocenters. The highest BCUT2D eigenvalue weighted by Crippen LogP contribution is 2.32. The lowest BCUT2D eigenvalue weighted by atomic mass is 9.90. The third-order valence-corrected chi connectivity index (χ3v) is 7.55. The van der Waals surface area contributed by atoms with Crippen LogP contribution in [-0.4, -0.2) is 25.8 Å². The van der Waals surface area contributed by atoms with Crippen LogP contribution in [0.5, 0.6) is 0 Å². The second-order valence-corrected chi connectivity index (χ2v) is 8.97. The molecule has 0 spiro atoms. The third kappa shape index (κ3) is 3.46. The summed E-state index contributed by atoms with van der Waals surface area (Å²) in [5, 5.41) is 0. The minimum Gasteiger partial charge on any atom is -0.207 e. The summed E-state index contributed by atoms with van der Waals surface area (Å²) >= 11 is 9.31. The van der Waals surface area contributed by atoms with Crippen molar-refractivity contribution >= 4 is 37.6 Å². The number of rotatable bonds is 3. The molecule has 118 valence electrons. The molecular weight excluding hydrogens is 374 g/mol. The fourth-order valence-corrected chi connectivity index (χ4v) is 5.28. The predicted octanol–water partition coefficient (Wildman–Crippen LogP) is 4.16. The van der Waals surface area contributed by atoms with Gasteiger partial charge in [-0.3, -0.25) is 0 Å². The van der Waals surface area contributed by atoms with Gasteiger partial charge >= 0.3 is 0 Å². The number of benzene rings is 1. The van der Waals surface area contributed by atoms with Crippen molar-refractivity contribution in [2.45, 2.75) is 38.0 Å². The van der Waals surface area contributed by atoms with E-state index >= 15 is 0 Å². The SMILES string of the molecule is Cc1c(Br)cc(CCl)cc1S(=O)(=O)N1CCC(C)C(C)C1. The molecule has 1 aliphatic rings. The highest BCUT2D eigenvalue weighted by molar-refractivity contribution is 9.10. The summed E-state index contributed by atoms with van der Waals surface area (Å²) in [6.07, 6.45) is 0.913. The Morgan fingerprint density at radius 1 is 1.33 bits per heavy atom. The quantitative estimate of drug-likeness (QED) is 0.722. The van der Waals surface area contributed by atoms with Gasteiger partial charge in [0.1, 0.15) is 0 Å². The van der Waals surface area contributed by atoms with Crippen LogP contribution in [0, 0.1) is 18.8 Å². The molecule has 1 saturated heterocycles. The van der Waals surface area contributed by atoms with E-state index in [-0.39, 0.29) is 0 Å². The van der Waals surface area contributed by atoms with Gasteiger partial charge in [-0.1, -0.05) is 29.8 Å².